The number of carbonyl (C=O) groups is 2. The van der Waals surface area contributed by atoms with E-state index in [0.717, 1.165) is 0 Å². The average molecular weight is 242 g/mol. The Morgan fingerprint density at radius 3 is 2.47 bits per heavy atom. The van der Waals surface area contributed by atoms with Gasteiger partial charge in [0, 0.05) is 6.54 Å². The van der Waals surface area contributed by atoms with Crippen molar-refractivity contribution in [3.63, 3.8) is 0 Å². The molecule has 0 aliphatic rings. The maximum absolute atomic E-state index is 11.5. The van der Waals surface area contributed by atoms with Gasteiger partial charge in [0.15, 0.2) is 5.69 Å². The molecule has 1 aromatic heterocycles. The van der Waals surface area contributed by atoms with Crippen LogP contribution < -0.4 is 5.73 Å². The van der Waals surface area contributed by atoms with E-state index in [0.29, 0.717) is 19.5 Å². The second kappa shape index (κ2) is 5.94. The van der Waals surface area contributed by atoms with Crippen molar-refractivity contribution in [3.8, 4) is 0 Å². The van der Waals surface area contributed by atoms with Crippen LogP contribution in [0.1, 0.15) is 27.4 Å². The molecule has 8 nitrogen and oxygen atoms in total. The summed E-state index contributed by atoms with van der Waals surface area (Å²) in [4.78, 5) is 22.9. The number of rotatable bonds is 5. The molecule has 0 atom stereocenters. The Kier molecular flexibility index (Phi) is 4.58. The molecule has 0 saturated carbocycles. The van der Waals surface area contributed by atoms with E-state index in [4.69, 9.17) is 5.73 Å². The summed E-state index contributed by atoms with van der Waals surface area (Å²) in [5, 5.41) is 7.31. The molecule has 0 saturated heterocycles. The van der Waals surface area contributed by atoms with Gasteiger partial charge in [-0.1, -0.05) is 5.21 Å². The number of esters is 2. The molecule has 0 spiro atoms. The molecule has 1 heterocycles. The molecule has 0 amide bonds. The third-order valence-electron chi connectivity index (χ3n) is 2.07. The van der Waals surface area contributed by atoms with E-state index in [1.165, 1.54) is 18.9 Å². The number of aryl methyl sites for hydroxylation is 1. The molecule has 0 fully saturated rings. The smallest absolute Gasteiger partial charge is 0.361 e. The molecule has 8 heteroatoms. The minimum atomic E-state index is -0.732. The lowest BCUT2D eigenvalue weighted by Crippen LogP contribution is -2.17. The van der Waals surface area contributed by atoms with Gasteiger partial charge in [-0.3, -0.25) is 0 Å². The first-order valence-corrected chi connectivity index (χ1v) is 4.95. The summed E-state index contributed by atoms with van der Waals surface area (Å²) in [6.07, 6.45) is 0.605. The fourth-order valence-corrected chi connectivity index (χ4v) is 1.24. The zero-order valence-corrected chi connectivity index (χ0v) is 9.67. The number of nitrogens with zero attached hydrogens (tertiary/aromatic N) is 3. The number of aromatic nitrogens is 3. The van der Waals surface area contributed by atoms with Crippen LogP contribution in [0.3, 0.4) is 0 Å². The van der Waals surface area contributed by atoms with Crippen LogP contribution in [0, 0.1) is 0 Å². The van der Waals surface area contributed by atoms with E-state index >= 15 is 0 Å². The van der Waals surface area contributed by atoms with E-state index in [1.807, 2.05) is 0 Å². The Labute approximate surface area is 97.7 Å². The molecule has 1 aromatic rings. The summed E-state index contributed by atoms with van der Waals surface area (Å²) in [5.74, 6) is -1.42. The molecule has 0 aromatic carbocycles. The summed E-state index contributed by atoms with van der Waals surface area (Å²) in [6, 6.07) is 0. The molecule has 2 N–H and O–H groups in total. The highest BCUT2D eigenvalue weighted by Crippen LogP contribution is 2.09. The van der Waals surface area contributed by atoms with Crippen LogP contribution in [0.15, 0.2) is 0 Å². The predicted molar refractivity (Wildman–Crippen MR) is 56.4 cm³/mol. The zero-order valence-electron chi connectivity index (χ0n) is 9.67. The predicted octanol–water partition coefficient (Wildman–Crippen LogP) is -0.800. The van der Waals surface area contributed by atoms with Gasteiger partial charge in [0.2, 0.25) is 5.69 Å². The van der Waals surface area contributed by atoms with Crippen molar-refractivity contribution in [1.29, 1.82) is 0 Å². The van der Waals surface area contributed by atoms with Crippen LogP contribution in [0.25, 0.3) is 0 Å². The lowest BCUT2D eigenvalue weighted by atomic mass is 10.3. The Morgan fingerprint density at radius 1 is 1.29 bits per heavy atom. The second-order valence-electron chi connectivity index (χ2n) is 3.14. The highest BCUT2D eigenvalue weighted by molar-refractivity contribution is 6.00. The number of ether oxygens (including phenoxy) is 2. The lowest BCUT2D eigenvalue weighted by molar-refractivity contribution is 0.0543. The van der Waals surface area contributed by atoms with Crippen LogP contribution in [0.4, 0.5) is 0 Å². The van der Waals surface area contributed by atoms with Crippen molar-refractivity contribution < 1.29 is 19.1 Å². The first-order valence-electron chi connectivity index (χ1n) is 4.95. The van der Waals surface area contributed by atoms with Crippen molar-refractivity contribution in [2.45, 2.75) is 13.0 Å². The minimum Gasteiger partial charge on any atom is -0.464 e. The monoisotopic (exact) mass is 242 g/mol. The van der Waals surface area contributed by atoms with Gasteiger partial charge >= 0.3 is 11.9 Å². The van der Waals surface area contributed by atoms with Gasteiger partial charge in [-0.05, 0) is 13.0 Å². The van der Waals surface area contributed by atoms with E-state index < -0.39 is 11.9 Å². The molecule has 0 radical (unpaired) electrons. The van der Waals surface area contributed by atoms with Gasteiger partial charge in [-0.2, -0.15) is 0 Å². The Hall–Kier alpha value is -1.96. The molecule has 0 aliphatic carbocycles. The normalized spacial score (nSPS) is 10.1. The third kappa shape index (κ3) is 2.78. The number of methoxy groups -OCH3 is 2. The number of carbonyl (C=O) groups excluding carboxylic acids is 2. The van der Waals surface area contributed by atoms with Crippen molar-refractivity contribution in [1.82, 2.24) is 15.0 Å². The van der Waals surface area contributed by atoms with E-state index in [-0.39, 0.29) is 11.4 Å². The fourth-order valence-electron chi connectivity index (χ4n) is 1.24. The summed E-state index contributed by atoms with van der Waals surface area (Å²) in [5.41, 5.74) is 5.18. The number of hydrogen-bond donors (Lipinski definition) is 1. The highest BCUT2D eigenvalue weighted by Gasteiger charge is 2.26. The molecule has 0 unspecified atom stereocenters. The first kappa shape index (κ1) is 13.1. The second-order valence-corrected chi connectivity index (χ2v) is 3.14. The van der Waals surface area contributed by atoms with Gasteiger partial charge in [0.05, 0.1) is 14.2 Å². The quantitative estimate of drug-likeness (QED) is 0.673. The van der Waals surface area contributed by atoms with Crippen LogP contribution >= 0.6 is 0 Å². The van der Waals surface area contributed by atoms with Crippen LogP contribution in [-0.4, -0.2) is 47.7 Å². The summed E-state index contributed by atoms with van der Waals surface area (Å²) in [6.45, 7) is 0.818. The Bertz CT molecular complexity index is 415. The topological polar surface area (TPSA) is 109 Å². The van der Waals surface area contributed by atoms with Gasteiger partial charge in [-0.25, -0.2) is 14.3 Å². The van der Waals surface area contributed by atoms with Crippen molar-refractivity contribution in [3.05, 3.63) is 11.4 Å². The third-order valence-corrected chi connectivity index (χ3v) is 2.07. The van der Waals surface area contributed by atoms with Gasteiger partial charge < -0.3 is 15.2 Å². The standard InChI is InChI=1S/C9H14N4O4/c1-16-8(14)6-7(9(15)17-2)13(12-11-6)5-3-4-10/h3-5,10H2,1-2H3. The minimum absolute atomic E-state index is 0.0206. The maximum atomic E-state index is 11.5. The van der Waals surface area contributed by atoms with Gasteiger partial charge in [0.1, 0.15) is 0 Å². The van der Waals surface area contributed by atoms with Crippen LogP contribution in [-0.2, 0) is 16.0 Å². The van der Waals surface area contributed by atoms with Crippen molar-refractivity contribution >= 4 is 11.9 Å². The summed E-state index contributed by atoms with van der Waals surface area (Å²) < 4.78 is 10.4. The molecular weight excluding hydrogens is 228 g/mol. The van der Waals surface area contributed by atoms with Crippen molar-refractivity contribution in [2.24, 2.45) is 5.73 Å². The molecule has 17 heavy (non-hydrogen) atoms. The average Bonchev–Trinajstić information content (AvgIpc) is 2.78. The van der Waals surface area contributed by atoms with E-state index in [2.05, 4.69) is 19.8 Å². The summed E-state index contributed by atoms with van der Waals surface area (Å²) >= 11 is 0. The highest BCUT2D eigenvalue weighted by atomic mass is 16.5. The molecule has 0 bridgehead atoms. The molecule has 0 aliphatic heterocycles. The van der Waals surface area contributed by atoms with E-state index in [9.17, 15) is 9.59 Å². The zero-order chi connectivity index (χ0) is 12.8. The lowest BCUT2D eigenvalue weighted by Gasteiger charge is -2.04. The molecule has 94 valence electrons. The molecule has 1 rings (SSSR count). The Balaban J connectivity index is 3.10. The van der Waals surface area contributed by atoms with E-state index in [1.54, 1.807) is 0 Å². The van der Waals surface area contributed by atoms with Crippen LogP contribution in [0.5, 0.6) is 0 Å². The van der Waals surface area contributed by atoms with Gasteiger partial charge in [-0.15, -0.1) is 5.10 Å². The van der Waals surface area contributed by atoms with Crippen molar-refractivity contribution in [2.75, 3.05) is 20.8 Å². The maximum Gasteiger partial charge on any atom is 0.361 e. The first-order chi connectivity index (χ1) is 8.15. The van der Waals surface area contributed by atoms with Gasteiger partial charge in [0.25, 0.3) is 0 Å². The Morgan fingerprint density at radius 2 is 1.94 bits per heavy atom. The van der Waals surface area contributed by atoms with Crippen LogP contribution in [0.2, 0.25) is 0 Å². The largest absolute Gasteiger partial charge is 0.464 e. The summed E-state index contributed by atoms with van der Waals surface area (Å²) in [7, 11) is 2.41. The fraction of sp³-hybridized carbons (Fsp3) is 0.556. The number of hydrogen-bond acceptors (Lipinski definition) is 7. The molecular formula is C9H14N4O4. The number of nitrogens with two attached hydrogens (primary N) is 1. The SMILES string of the molecule is COC(=O)c1nnn(CCCN)c1C(=O)OC.